The second kappa shape index (κ2) is 6.15. The molecule has 0 aliphatic carbocycles. The lowest BCUT2D eigenvalue weighted by Crippen LogP contribution is -2.12. The quantitative estimate of drug-likeness (QED) is 0.566. The normalized spacial score (nSPS) is 10.3. The van der Waals surface area contributed by atoms with E-state index in [4.69, 9.17) is 5.84 Å². The summed E-state index contributed by atoms with van der Waals surface area (Å²) in [5.41, 5.74) is 6.00. The molecular weight excluding hydrogens is 238 g/mol. The zero-order chi connectivity index (χ0) is 13.7. The first-order valence-electron chi connectivity index (χ1n) is 6.35. The summed E-state index contributed by atoms with van der Waals surface area (Å²) < 4.78 is 0. The molecule has 5 heteroatoms. The molecule has 19 heavy (non-hydrogen) atoms. The minimum atomic E-state index is 0.412. The van der Waals surface area contributed by atoms with Crippen LogP contribution in [0.1, 0.15) is 23.6 Å². The van der Waals surface area contributed by atoms with Crippen molar-refractivity contribution in [2.75, 3.05) is 10.7 Å². The number of nitrogens with two attached hydrogens (primary N) is 1. The monoisotopic (exact) mass is 257 g/mol. The van der Waals surface area contributed by atoms with Gasteiger partial charge in [0.15, 0.2) is 0 Å². The van der Waals surface area contributed by atoms with Crippen molar-refractivity contribution in [3.8, 4) is 0 Å². The summed E-state index contributed by atoms with van der Waals surface area (Å²) in [6.07, 6.45) is 2.80. The van der Waals surface area contributed by atoms with E-state index in [-0.39, 0.29) is 0 Å². The zero-order valence-electron chi connectivity index (χ0n) is 11.3. The number of hydrazine groups is 1. The highest BCUT2D eigenvalue weighted by molar-refractivity contribution is 5.46. The van der Waals surface area contributed by atoms with Gasteiger partial charge in [0.25, 0.3) is 0 Å². The van der Waals surface area contributed by atoms with Crippen LogP contribution < -0.4 is 16.6 Å². The molecule has 100 valence electrons. The van der Waals surface area contributed by atoms with E-state index in [2.05, 4.69) is 51.9 Å². The predicted molar refractivity (Wildman–Crippen MR) is 77.7 cm³/mol. The Bertz CT molecular complexity index is 536. The van der Waals surface area contributed by atoms with Crippen molar-refractivity contribution in [1.82, 2.24) is 9.97 Å². The molecule has 0 amide bonds. The Labute approximate surface area is 113 Å². The highest BCUT2D eigenvalue weighted by Gasteiger charge is 2.02. The van der Waals surface area contributed by atoms with E-state index in [1.807, 2.05) is 6.92 Å². The van der Waals surface area contributed by atoms with Crippen molar-refractivity contribution >= 4 is 11.8 Å². The van der Waals surface area contributed by atoms with Gasteiger partial charge in [-0.25, -0.2) is 10.8 Å². The lowest BCUT2D eigenvalue weighted by Gasteiger charge is -2.10. The van der Waals surface area contributed by atoms with E-state index in [1.54, 1.807) is 6.20 Å². The van der Waals surface area contributed by atoms with Crippen LogP contribution in [0.2, 0.25) is 0 Å². The molecule has 0 fully saturated rings. The molecule has 0 radical (unpaired) electrons. The topological polar surface area (TPSA) is 75.9 Å². The fourth-order valence-electron chi connectivity index (χ4n) is 1.77. The first-order chi connectivity index (χ1) is 9.22. The molecule has 0 atom stereocenters. The van der Waals surface area contributed by atoms with Crippen LogP contribution >= 0.6 is 0 Å². The van der Waals surface area contributed by atoms with Gasteiger partial charge in [-0.2, -0.15) is 4.98 Å². The Kier molecular flexibility index (Phi) is 4.30. The number of nitrogens with one attached hydrogen (secondary N) is 2. The third-order valence-electron chi connectivity index (χ3n) is 2.99. The number of nitrogens with zero attached hydrogens (tertiary/aromatic N) is 2. The minimum Gasteiger partial charge on any atom is -0.366 e. The van der Waals surface area contributed by atoms with Crippen molar-refractivity contribution in [3.05, 3.63) is 47.2 Å². The van der Waals surface area contributed by atoms with Crippen LogP contribution in [0, 0.1) is 6.92 Å². The molecule has 0 aliphatic heterocycles. The fourth-order valence-corrected chi connectivity index (χ4v) is 1.77. The molecule has 4 N–H and O–H groups in total. The Morgan fingerprint density at radius 2 is 1.84 bits per heavy atom. The van der Waals surface area contributed by atoms with Crippen LogP contribution in [0.25, 0.3) is 0 Å². The second-order valence-corrected chi connectivity index (χ2v) is 4.39. The van der Waals surface area contributed by atoms with Crippen molar-refractivity contribution in [2.24, 2.45) is 5.84 Å². The van der Waals surface area contributed by atoms with Crippen molar-refractivity contribution in [2.45, 2.75) is 26.8 Å². The maximum absolute atomic E-state index is 5.31. The molecule has 2 aromatic rings. The lowest BCUT2D eigenvalue weighted by atomic mass is 10.1. The molecule has 0 saturated carbocycles. The van der Waals surface area contributed by atoms with Gasteiger partial charge in [-0.3, -0.25) is 5.43 Å². The van der Waals surface area contributed by atoms with Crippen LogP contribution in [0.15, 0.2) is 30.5 Å². The number of nitrogen functional groups attached to an aromatic ring is 1. The highest BCUT2D eigenvalue weighted by Crippen LogP contribution is 2.14. The number of rotatable bonds is 5. The number of hydrogen-bond donors (Lipinski definition) is 3. The van der Waals surface area contributed by atoms with Gasteiger partial charge in [0, 0.05) is 18.3 Å². The van der Waals surface area contributed by atoms with Crippen LogP contribution in [-0.2, 0) is 13.0 Å². The number of anilines is 2. The fraction of sp³-hybridized carbons (Fsp3) is 0.286. The van der Waals surface area contributed by atoms with Gasteiger partial charge in [-0.1, -0.05) is 31.2 Å². The van der Waals surface area contributed by atoms with E-state index in [0.717, 1.165) is 24.3 Å². The Balaban J connectivity index is 2.05. The standard InChI is InChI=1S/C14H19N5/c1-3-11-4-6-12(7-5-11)9-16-13-10(2)8-17-14(18-13)19-15/h4-8H,3,9,15H2,1-2H3,(H2,16,17,18,19). The van der Waals surface area contributed by atoms with E-state index in [0.29, 0.717) is 5.95 Å². The summed E-state index contributed by atoms with van der Waals surface area (Å²) in [6.45, 7) is 4.84. The highest BCUT2D eigenvalue weighted by atomic mass is 15.3. The molecule has 1 heterocycles. The molecule has 2 rings (SSSR count). The van der Waals surface area contributed by atoms with Gasteiger partial charge in [0.2, 0.25) is 5.95 Å². The van der Waals surface area contributed by atoms with Crippen LogP contribution in [0.5, 0.6) is 0 Å². The summed E-state index contributed by atoms with van der Waals surface area (Å²) >= 11 is 0. The van der Waals surface area contributed by atoms with Gasteiger partial charge in [0.1, 0.15) is 5.82 Å². The summed E-state index contributed by atoms with van der Waals surface area (Å²) in [7, 11) is 0. The van der Waals surface area contributed by atoms with Crippen LogP contribution in [0.4, 0.5) is 11.8 Å². The maximum atomic E-state index is 5.31. The first kappa shape index (κ1) is 13.3. The predicted octanol–water partition coefficient (Wildman–Crippen LogP) is 2.25. The van der Waals surface area contributed by atoms with Crippen molar-refractivity contribution in [1.29, 1.82) is 0 Å². The largest absolute Gasteiger partial charge is 0.366 e. The van der Waals surface area contributed by atoms with Gasteiger partial charge < -0.3 is 5.32 Å². The van der Waals surface area contributed by atoms with Crippen molar-refractivity contribution in [3.63, 3.8) is 0 Å². The molecule has 0 spiro atoms. The molecule has 0 aliphatic rings. The Morgan fingerprint density at radius 1 is 1.16 bits per heavy atom. The summed E-state index contributed by atoms with van der Waals surface area (Å²) in [5.74, 6) is 6.51. The third kappa shape index (κ3) is 3.42. The van der Waals surface area contributed by atoms with E-state index in [1.165, 1.54) is 11.1 Å². The molecule has 1 aromatic carbocycles. The molecule has 0 unspecified atom stereocenters. The van der Waals surface area contributed by atoms with Crippen molar-refractivity contribution < 1.29 is 0 Å². The number of aromatic nitrogens is 2. The Morgan fingerprint density at radius 3 is 2.47 bits per heavy atom. The Hall–Kier alpha value is -2.14. The first-order valence-corrected chi connectivity index (χ1v) is 6.35. The number of hydrogen-bond acceptors (Lipinski definition) is 5. The second-order valence-electron chi connectivity index (χ2n) is 4.39. The van der Waals surface area contributed by atoms with Crippen LogP contribution in [-0.4, -0.2) is 9.97 Å². The molecule has 1 aromatic heterocycles. The summed E-state index contributed by atoms with van der Waals surface area (Å²) in [5, 5.41) is 3.29. The molecule has 0 bridgehead atoms. The molecular formula is C14H19N5. The average Bonchev–Trinajstić information content (AvgIpc) is 2.47. The summed E-state index contributed by atoms with van der Waals surface area (Å²) in [6, 6.07) is 8.56. The van der Waals surface area contributed by atoms with E-state index >= 15 is 0 Å². The van der Waals surface area contributed by atoms with E-state index < -0.39 is 0 Å². The van der Waals surface area contributed by atoms with E-state index in [9.17, 15) is 0 Å². The number of benzene rings is 1. The molecule has 0 saturated heterocycles. The van der Waals surface area contributed by atoms with Gasteiger partial charge >= 0.3 is 0 Å². The number of aryl methyl sites for hydroxylation is 2. The minimum absolute atomic E-state index is 0.412. The SMILES string of the molecule is CCc1ccc(CNc2nc(NN)ncc2C)cc1. The third-order valence-corrected chi connectivity index (χ3v) is 2.99. The van der Waals surface area contributed by atoms with Crippen LogP contribution in [0.3, 0.4) is 0 Å². The van der Waals surface area contributed by atoms with Gasteiger partial charge in [-0.15, -0.1) is 0 Å². The average molecular weight is 257 g/mol. The van der Waals surface area contributed by atoms with Gasteiger partial charge in [0.05, 0.1) is 0 Å². The zero-order valence-corrected chi connectivity index (χ0v) is 11.3. The maximum Gasteiger partial charge on any atom is 0.239 e. The summed E-state index contributed by atoms with van der Waals surface area (Å²) in [4.78, 5) is 8.33. The smallest absolute Gasteiger partial charge is 0.239 e. The van der Waals surface area contributed by atoms with Gasteiger partial charge in [-0.05, 0) is 24.5 Å². The molecule has 5 nitrogen and oxygen atoms in total. The lowest BCUT2D eigenvalue weighted by molar-refractivity contribution is 1.04.